The number of halogens is 2. The number of hydrogen-bond acceptors (Lipinski definition) is 4. The summed E-state index contributed by atoms with van der Waals surface area (Å²) in [6.07, 6.45) is 1.70. The minimum absolute atomic E-state index is 0.127. The van der Waals surface area contributed by atoms with Crippen LogP contribution >= 0.6 is 23.4 Å². The highest BCUT2D eigenvalue weighted by Crippen LogP contribution is 2.34. The van der Waals surface area contributed by atoms with E-state index < -0.39 is 5.97 Å². The number of para-hydroxylation sites is 1. The molecule has 0 saturated carbocycles. The summed E-state index contributed by atoms with van der Waals surface area (Å²) in [5.41, 5.74) is 4.49. The smallest absolute Gasteiger partial charge is 0.342 e. The molecule has 192 valence electrons. The van der Waals surface area contributed by atoms with E-state index in [0.717, 1.165) is 45.0 Å². The lowest BCUT2D eigenvalue weighted by Crippen LogP contribution is -2.03. The number of nitrogens with zero attached hydrogens (tertiary/aromatic N) is 4. The number of carboxylic acids is 1. The molecule has 2 heterocycles. The van der Waals surface area contributed by atoms with E-state index in [0.29, 0.717) is 29.1 Å². The summed E-state index contributed by atoms with van der Waals surface area (Å²) < 4.78 is 17.4. The van der Waals surface area contributed by atoms with Crippen LogP contribution in [0, 0.1) is 12.7 Å². The Bertz CT molecular complexity index is 1660. The maximum atomic E-state index is 13.4. The quantitative estimate of drug-likeness (QED) is 0.163. The van der Waals surface area contributed by atoms with Gasteiger partial charge in [-0.15, -0.1) is 10.2 Å². The molecule has 38 heavy (non-hydrogen) atoms. The number of fused-ring (bicyclic) bond motifs is 1. The van der Waals surface area contributed by atoms with Gasteiger partial charge < -0.3 is 14.2 Å². The van der Waals surface area contributed by atoms with Crippen LogP contribution in [0.5, 0.6) is 0 Å². The van der Waals surface area contributed by atoms with E-state index in [1.54, 1.807) is 30.3 Å². The first-order valence-corrected chi connectivity index (χ1v) is 13.2. The molecular weight excluding hydrogens is 523 g/mol. The molecule has 0 unspecified atom stereocenters. The summed E-state index contributed by atoms with van der Waals surface area (Å²) in [5.74, 6) is -0.694. The highest BCUT2D eigenvalue weighted by molar-refractivity contribution is 8.04. The van der Waals surface area contributed by atoms with Crippen molar-refractivity contribution in [2.45, 2.75) is 32.1 Å². The average Bonchev–Trinajstić information content (AvgIpc) is 3.44. The molecular formula is C29H24ClFN4O2S. The minimum Gasteiger partial charge on any atom is -0.477 e. The topological polar surface area (TPSA) is 72.9 Å². The lowest BCUT2D eigenvalue weighted by Gasteiger charge is -2.09. The van der Waals surface area contributed by atoms with Gasteiger partial charge in [0.15, 0.2) is 11.0 Å². The predicted molar refractivity (Wildman–Crippen MR) is 150 cm³/mol. The van der Waals surface area contributed by atoms with Crippen molar-refractivity contribution in [3.8, 4) is 11.4 Å². The van der Waals surface area contributed by atoms with Crippen LogP contribution < -0.4 is 0 Å². The first-order valence-electron chi connectivity index (χ1n) is 12.0. The van der Waals surface area contributed by atoms with Gasteiger partial charge >= 0.3 is 5.97 Å². The SMILES string of the molecule is CCn1c(S/C(=C\c2c(C)n(Cc3ccc(F)cc3)c3ccccc23)C(=O)O)nnc1-c1ccc(Cl)cc1. The summed E-state index contributed by atoms with van der Waals surface area (Å²) in [6, 6.07) is 21.6. The molecule has 0 fully saturated rings. The lowest BCUT2D eigenvalue weighted by molar-refractivity contribution is -0.131. The van der Waals surface area contributed by atoms with Crippen LogP contribution in [0.1, 0.15) is 23.7 Å². The molecule has 6 nitrogen and oxygen atoms in total. The van der Waals surface area contributed by atoms with Crippen LogP contribution in [0.4, 0.5) is 4.39 Å². The third kappa shape index (κ3) is 5.10. The van der Waals surface area contributed by atoms with E-state index >= 15 is 0 Å². The summed E-state index contributed by atoms with van der Waals surface area (Å²) in [7, 11) is 0. The molecule has 2 aromatic heterocycles. The van der Waals surface area contributed by atoms with E-state index in [-0.39, 0.29) is 10.7 Å². The fraction of sp³-hybridized carbons (Fsp3) is 0.138. The molecule has 0 aliphatic rings. The highest BCUT2D eigenvalue weighted by atomic mass is 35.5. The normalized spacial score (nSPS) is 11.8. The number of thioether (sulfide) groups is 1. The van der Waals surface area contributed by atoms with Crippen molar-refractivity contribution in [2.24, 2.45) is 0 Å². The first kappa shape index (κ1) is 25.8. The van der Waals surface area contributed by atoms with Gasteiger partial charge in [-0.05, 0) is 79.7 Å². The van der Waals surface area contributed by atoms with E-state index in [1.807, 2.05) is 54.8 Å². The van der Waals surface area contributed by atoms with Crippen molar-refractivity contribution in [2.75, 3.05) is 0 Å². The van der Waals surface area contributed by atoms with Gasteiger partial charge in [0, 0.05) is 45.8 Å². The highest BCUT2D eigenvalue weighted by Gasteiger charge is 2.20. The fourth-order valence-corrected chi connectivity index (χ4v) is 5.44. The molecule has 0 atom stereocenters. The Labute approximate surface area is 228 Å². The van der Waals surface area contributed by atoms with Crippen molar-refractivity contribution >= 4 is 46.3 Å². The minimum atomic E-state index is -1.05. The number of carbonyl (C=O) groups is 1. The van der Waals surface area contributed by atoms with Crippen molar-refractivity contribution in [3.63, 3.8) is 0 Å². The van der Waals surface area contributed by atoms with Crippen LogP contribution in [0.3, 0.4) is 0 Å². The number of benzene rings is 3. The zero-order chi connectivity index (χ0) is 26.8. The zero-order valence-electron chi connectivity index (χ0n) is 20.7. The molecule has 9 heteroatoms. The second-order valence-corrected chi connectivity index (χ2v) is 10.1. The van der Waals surface area contributed by atoms with Crippen LogP contribution in [0.2, 0.25) is 5.02 Å². The van der Waals surface area contributed by atoms with E-state index in [2.05, 4.69) is 14.8 Å². The second-order valence-electron chi connectivity index (χ2n) is 8.70. The number of aliphatic carboxylic acids is 1. The average molecular weight is 547 g/mol. The van der Waals surface area contributed by atoms with E-state index in [1.165, 1.54) is 12.1 Å². The van der Waals surface area contributed by atoms with Gasteiger partial charge in [-0.1, -0.05) is 41.9 Å². The molecule has 3 aromatic carbocycles. The standard InChI is InChI=1S/C29H24ClFN4O2S/c1-3-34-27(20-10-12-21(30)13-11-20)32-33-29(34)38-26(28(36)37)16-24-18(2)35(25-7-5-4-6-23(24)25)17-19-8-14-22(31)15-9-19/h4-16H,3,17H2,1-2H3,(H,36,37)/b26-16-. The van der Waals surface area contributed by atoms with Gasteiger partial charge in [-0.25, -0.2) is 9.18 Å². The Morgan fingerprint density at radius 3 is 2.42 bits per heavy atom. The van der Waals surface area contributed by atoms with Crippen molar-refractivity contribution in [1.82, 2.24) is 19.3 Å². The predicted octanol–water partition coefficient (Wildman–Crippen LogP) is 7.29. The molecule has 0 aliphatic heterocycles. The summed E-state index contributed by atoms with van der Waals surface area (Å²) in [6.45, 7) is 5.03. The Morgan fingerprint density at radius 2 is 1.74 bits per heavy atom. The summed E-state index contributed by atoms with van der Waals surface area (Å²) in [4.78, 5) is 12.5. The van der Waals surface area contributed by atoms with Crippen LogP contribution in [-0.2, 0) is 17.9 Å². The molecule has 0 amide bonds. The number of hydrogen-bond donors (Lipinski definition) is 1. The first-order chi connectivity index (χ1) is 18.4. The van der Waals surface area contributed by atoms with Crippen molar-refractivity contribution in [3.05, 3.63) is 105 Å². The van der Waals surface area contributed by atoms with Gasteiger partial charge in [0.05, 0.1) is 0 Å². The zero-order valence-corrected chi connectivity index (χ0v) is 22.3. The molecule has 0 radical (unpaired) electrons. The van der Waals surface area contributed by atoms with Gasteiger partial charge in [0.25, 0.3) is 0 Å². The van der Waals surface area contributed by atoms with Crippen LogP contribution in [0.25, 0.3) is 28.4 Å². The van der Waals surface area contributed by atoms with Gasteiger partial charge in [-0.3, -0.25) is 0 Å². The maximum Gasteiger partial charge on any atom is 0.342 e. The molecule has 5 rings (SSSR count). The number of rotatable bonds is 8. The van der Waals surface area contributed by atoms with Gasteiger partial charge in [0.1, 0.15) is 10.7 Å². The summed E-state index contributed by atoms with van der Waals surface area (Å²) >= 11 is 7.10. The van der Waals surface area contributed by atoms with E-state index in [4.69, 9.17) is 11.6 Å². The largest absolute Gasteiger partial charge is 0.477 e. The summed E-state index contributed by atoms with van der Waals surface area (Å²) in [5, 5.41) is 20.8. The monoisotopic (exact) mass is 546 g/mol. The molecule has 5 aromatic rings. The Kier molecular flexibility index (Phi) is 7.35. The third-order valence-corrected chi connectivity index (χ3v) is 7.61. The fourth-order valence-electron chi connectivity index (χ4n) is 4.44. The Morgan fingerprint density at radius 1 is 1.03 bits per heavy atom. The van der Waals surface area contributed by atoms with Crippen molar-refractivity contribution < 1.29 is 14.3 Å². The Hall–Kier alpha value is -3.88. The molecule has 0 spiro atoms. The van der Waals surface area contributed by atoms with Gasteiger partial charge in [0.2, 0.25) is 0 Å². The van der Waals surface area contributed by atoms with Crippen LogP contribution in [-0.4, -0.2) is 30.4 Å². The van der Waals surface area contributed by atoms with Gasteiger partial charge in [-0.2, -0.15) is 0 Å². The number of aromatic nitrogens is 4. The molecule has 0 saturated heterocycles. The van der Waals surface area contributed by atoms with E-state index in [9.17, 15) is 14.3 Å². The molecule has 0 aliphatic carbocycles. The van der Waals surface area contributed by atoms with Crippen LogP contribution in [0.15, 0.2) is 82.9 Å². The third-order valence-electron chi connectivity index (χ3n) is 6.36. The lowest BCUT2D eigenvalue weighted by atomic mass is 10.1. The second kappa shape index (κ2) is 10.8. The molecule has 0 bridgehead atoms. The van der Waals surface area contributed by atoms with Crippen molar-refractivity contribution in [1.29, 1.82) is 0 Å². The molecule has 1 N–H and O–H groups in total. The maximum absolute atomic E-state index is 13.4. The number of carboxylic acid groups (broad SMARTS) is 1. The Balaban J connectivity index is 1.55.